The van der Waals surface area contributed by atoms with Crippen molar-refractivity contribution in [2.24, 2.45) is 0 Å². The van der Waals surface area contributed by atoms with Crippen molar-refractivity contribution in [2.75, 3.05) is 5.75 Å². The minimum Gasteiger partial charge on any atom is -0.306 e. The molecule has 0 atom stereocenters. The lowest BCUT2D eigenvalue weighted by Crippen LogP contribution is -2.26. The lowest BCUT2D eigenvalue weighted by atomic mass is 10.4. The number of halogens is 1. The summed E-state index contributed by atoms with van der Waals surface area (Å²) >= 11 is 3.38. The van der Waals surface area contributed by atoms with E-state index in [1.54, 1.807) is 0 Å². The van der Waals surface area contributed by atoms with Crippen LogP contribution >= 0.6 is 15.9 Å². The number of nitrogens with one attached hydrogen (secondary N) is 1. The lowest BCUT2D eigenvalue weighted by molar-refractivity contribution is 0.577. The van der Waals surface area contributed by atoms with Crippen LogP contribution in [0.5, 0.6) is 0 Å². The minimum absolute atomic E-state index is 0.169. The second-order valence-corrected chi connectivity index (χ2v) is 7.18. The molecule has 0 unspecified atom stereocenters. The zero-order valence-electron chi connectivity index (χ0n) is 10.6. The van der Waals surface area contributed by atoms with Crippen molar-refractivity contribution >= 4 is 31.6 Å². The smallest absolute Gasteiger partial charge is 0.211 e. The number of pyridine rings is 1. The Morgan fingerprint density at radius 3 is 2.89 bits per heavy atom. The monoisotopic (exact) mass is 345 g/mol. The average Bonchev–Trinajstić information content (AvgIpc) is 2.76. The van der Waals surface area contributed by atoms with Gasteiger partial charge in [-0.25, -0.2) is 18.1 Å². The van der Waals surface area contributed by atoms with Crippen LogP contribution in [0.2, 0.25) is 0 Å². The maximum Gasteiger partial charge on any atom is 0.211 e. The van der Waals surface area contributed by atoms with Gasteiger partial charge in [-0.3, -0.25) is 0 Å². The van der Waals surface area contributed by atoms with Crippen LogP contribution in [-0.2, 0) is 16.6 Å². The second kappa shape index (κ2) is 6.02. The molecule has 0 aliphatic heterocycles. The van der Waals surface area contributed by atoms with Gasteiger partial charge < -0.3 is 4.40 Å². The fourth-order valence-electron chi connectivity index (χ4n) is 1.69. The van der Waals surface area contributed by atoms with Crippen molar-refractivity contribution < 1.29 is 8.42 Å². The largest absolute Gasteiger partial charge is 0.306 e. The Morgan fingerprint density at radius 2 is 2.16 bits per heavy atom. The molecule has 0 amide bonds. The molecule has 2 aromatic rings. The Bertz CT molecular complexity index is 667. The van der Waals surface area contributed by atoms with Crippen LogP contribution in [0.25, 0.3) is 5.65 Å². The van der Waals surface area contributed by atoms with Crippen molar-refractivity contribution in [3.05, 3.63) is 34.7 Å². The Balaban J connectivity index is 2.05. The Kier molecular flexibility index (Phi) is 4.59. The van der Waals surface area contributed by atoms with Crippen LogP contribution in [0.4, 0.5) is 0 Å². The van der Waals surface area contributed by atoms with Gasteiger partial charge in [0.05, 0.1) is 18.0 Å². The van der Waals surface area contributed by atoms with E-state index in [1.807, 2.05) is 35.9 Å². The van der Waals surface area contributed by atoms with E-state index in [0.29, 0.717) is 12.1 Å². The summed E-state index contributed by atoms with van der Waals surface area (Å²) < 4.78 is 28.7. The number of rotatable bonds is 6. The third kappa shape index (κ3) is 4.02. The first kappa shape index (κ1) is 14.5. The third-order valence-corrected chi connectivity index (χ3v) is 4.58. The summed E-state index contributed by atoms with van der Waals surface area (Å²) in [6, 6.07) is 3.77. The van der Waals surface area contributed by atoms with Crippen molar-refractivity contribution in [1.29, 1.82) is 0 Å². The highest BCUT2D eigenvalue weighted by Gasteiger charge is 2.10. The first-order valence-electron chi connectivity index (χ1n) is 6.10. The Hall–Kier alpha value is -0.920. The Morgan fingerprint density at radius 1 is 1.37 bits per heavy atom. The van der Waals surface area contributed by atoms with Gasteiger partial charge in [0.15, 0.2) is 0 Å². The van der Waals surface area contributed by atoms with Gasteiger partial charge >= 0.3 is 0 Å². The molecule has 0 spiro atoms. The zero-order valence-corrected chi connectivity index (χ0v) is 13.0. The summed E-state index contributed by atoms with van der Waals surface area (Å²) in [5.41, 5.74) is 1.50. The molecule has 0 saturated heterocycles. The van der Waals surface area contributed by atoms with Crippen molar-refractivity contribution in [3.63, 3.8) is 0 Å². The number of imidazole rings is 1. The highest BCUT2D eigenvalue weighted by molar-refractivity contribution is 9.10. The third-order valence-electron chi connectivity index (χ3n) is 2.70. The van der Waals surface area contributed by atoms with Crippen LogP contribution in [0.1, 0.15) is 25.5 Å². The summed E-state index contributed by atoms with van der Waals surface area (Å²) in [6.07, 6.45) is 5.25. The lowest BCUT2D eigenvalue weighted by Gasteiger charge is -2.03. The maximum atomic E-state index is 11.7. The van der Waals surface area contributed by atoms with Crippen LogP contribution in [0.15, 0.2) is 29.0 Å². The molecule has 104 valence electrons. The van der Waals surface area contributed by atoms with Gasteiger partial charge in [-0.05, 0) is 34.5 Å². The first-order chi connectivity index (χ1) is 9.00. The fraction of sp³-hybridized carbons (Fsp3) is 0.417. The quantitative estimate of drug-likeness (QED) is 0.873. The van der Waals surface area contributed by atoms with E-state index in [1.165, 1.54) is 0 Å². The molecule has 0 bridgehead atoms. The molecule has 1 N–H and O–H groups in total. The fourth-order valence-corrected chi connectivity index (χ4v) is 3.23. The van der Waals surface area contributed by atoms with Crippen LogP contribution < -0.4 is 4.72 Å². The maximum absolute atomic E-state index is 11.7. The molecular formula is C12H16BrN3O2S. The zero-order chi connectivity index (χ0) is 13.9. The summed E-state index contributed by atoms with van der Waals surface area (Å²) in [5, 5.41) is 0. The molecule has 2 aromatic heterocycles. The van der Waals surface area contributed by atoms with Crippen molar-refractivity contribution in [1.82, 2.24) is 14.1 Å². The number of sulfonamides is 1. The molecule has 0 saturated carbocycles. The topological polar surface area (TPSA) is 63.5 Å². The van der Waals surface area contributed by atoms with E-state index in [0.717, 1.165) is 16.5 Å². The molecule has 0 radical (unpaired) electrons. The number of nitrogens with zero attached hydrogens (tertiary/aromatic N) is 2. The molecular weight excluding hydrogens is 330 g/mol. The van der Waals surface area contributed by atoms with Crippen LogP contribution in [-0.4, -0.2) is 23.6 Å². The molecule has 0 aromatic carbocycles. The highest BCUT2D eigenvalue weighted by Crippen LogP contribution is 2.12. The van der Waals surface area contributed by atoms with Crippen LogP contribution in [0, 0.1) is 0 Å². The number of aromatic nitrogens is 2. The second-order valence-electron chi connectivity index (χ2n) is 4.34. The molecule has 0 fully saturated rings. The number of fused-ring (bicyclic) bond motifs is 1. The average molecular weight is 346 g/mol. The van der Waals surface area contributed by atoms with Gasteiger partial charge in [0.2, 0.25) is 10.0 Å². The van der Waals surface area contributed by atoms with Gasteiger partial charge in [-0.15, -0.1) is 0 Å². The van der Waals surface area contributed by atoms with Gasteiger partial charge in [0.1, 0.15) is 5.65 Å². The van der Waals surface area contributed by atoms with E-state index in [2.05, 4.69) is 25.6 Å². The molecule has 2 heterocycles. The van der Waals surface area contributed by atoms with Gasteiger partial charge in [-0.1, -0.05) is 13.3 Å². The van der Waals surface area contributed by atoms with Crippen molar-refractivity contribution in [3.8, 4) is 0 Å². The predicted molar refractivity (Wildman–Crippen MR) is 78.4 cm³/mol. The highest BCUT2D eigenvalue weighted by atomic mass is 79.9. The summed E-state index contributed by atoms with van der Waals surface area (Å²) in [4.78, 5) is 4.35. The number of hydrogen-bond donors (Lipinski definition) is 1. The van der Waals surface area contributed by atoms with E-state index in [-0.39, 0.29) is 12.3 Å². The van der Waals surface area contributed by atoms with Gasteiger partial charge in [0, 0.05) is 16.9 Å². The van der Waals surface area contributed by atoms with E-state index in [9.17, 15) is 8.42 Å². The van der Waals surface area contributed by atoms with Crippen LogP contribution in [0.3, 0.4) is 0 Å². The minimum atomic E-state index is -3.20. The molecule has 5 nitrogen and oxygen atoms in total. The molecule has 2 rings (SSSR count). The molecule has 19 heavy (non-hydrogen) atoms. The molecule has 7 heteroatoms. The number of unbranched alkanes of at least 4 members (excludes halogenated alkanes) is 1. The SMILES string of the molecule is CCCCS(=O)(=O)NCc1cn2cc(Br)ccc2n1. The van der Waals surface area contributed by atoms with E-state index >= 15 is 0 Å². The van der Waals surface area contributed by atoms with E-state index in [4.69, 9.17) is 0 Å². The predicted octanol–water partition coefficient (Wildman–Crippen LogP) is 2.32. The van der Waals surface area contributed by atoms with Gasteiger partial charge in [-0.2, -0.15) is 0 Å². The summed E-state index contributed by atoms with van der Waals surface area (Å²) in [5.74, 6) is 0.169. The summed E-state index contributed by atoms with van der Waals surface area (Å²) in [6.45, 7) is 2.20. The standard InChI is InChI=1S/C12H16BrN3O2S/c1-2-3-6-19(17,18)14-7-11-9-16-8-10(13)4-5-12(16)15-11/h4-5,8-9,14H,2-3,6-7H2,1H3. The van der Waals surface area contributed by atoms with Crippen molar-refractivity contribution in [2.45, 2.75) is 26.3 Å². The van der Waals surface area contributed by atoms with E-state index < -0.39 is 10.0 Å². The first-order valence-corrected chi connectivity index (χ1v) is 8.55. The van der Waals surface area contributed by atoms with Gasteiger partial charge in [0.25, 0.3) is 0 Å². The molecule has 0 aliphatic carbocycles. The molecule has 0 aliphatic rings. The summed E-state index contributed by atoms with van der Waals surface area (Å²) in [7, 11) is -3.20. The normalized spacial score (nSPS) is 12.1. The Labute approximate surface area is 121 Å². The number of hydrogen-bond acceptors (Lipinski definition) is 3.